The average Bonchev–Trinajstić information content (AvgIpc) is 2.18. The molecule has 1 heterocycles. The second kappa shape index (κ2) is 8.06. The highest BCUT2D eigenvalue weighted by atomic mass is 14.8. The van der Waals surface area contributed by atoms with Crippen LogP contribution in [0, 0.1) is 0 Å². The molecule has 0 saturated carbocycles. The Labute approximate surface area is 81.9 Å². The summed E-state index contributed by atoms with van der Waals surface area (Å²) in [5.74, 6) is 0. The lowest BCUT2D eigenvalue weighted by Crippen LogP contribution is -2.16. The fourth-order valence-electron chi connectivity index (χ4n) is 1.48. The molecule has 0 fully saturated rings. The third-order valence-corrected chi connectivity index (χ3v) is 2.28. The van der Waals surface area contributed by atoms with Gasteiger partial charge in [-0.3, -0.25) is 0 Å². The van der Waals surface area contributed by atoms with Gasteiger partial charge in [-0.1, -0.05) is 24.3 Å². The Bertz CT molecular complexity index is 141. The Kier molecular flexibility index (Phi) is 6.52. The Balaban J connectivity index is 2.18. The Hall–Kier alpha value is -0.560. The first kappa shape index (κ1) is 10.5. The van der Waals surface area contributed by atoms with Crippen molar-refractivity contribution in [3.05, 3.63) is 24.3 Å². The van der Waals surface area contributed by atoms with Crippen molar-refractivity contribution >= 4 is 0 Å². The van der Waals surface area contributed by atoms with Crippen LogP contribution < -0.4 is 5.32 Å². The molecule has 1 rings (SSSR count). The average molecular weight is 179 g/mol. The van der Waals surface area contributed by atoms with Crippen molar-refractivity contribution in [2.75, 3.05) is 13.1 Å². The summed E-state index contributed by atoms with van der Waals surface area (Å²) in [6.45, 7) is 2.35. The number of hydrogen-bond donors (Lipinski definition) is 1. The van der Waals surface area contributed by atoms with Gasteiger partial charge in [0.1, 0.15) is 0 Å². The van der Waals surface area contributed by atoms with Crippen LogP contribution in [0.1, 0.15) is 38.5 Å². The summed E-state index contributed by atoms with van der Waals surface area (Å²) in [6.07, 6.45) is 16.7. The van der Waals surface area contributed by atoms with Crippen molar-refractivity contribution in [1.82, 2.24) is 5.32 Å². The van der Waals surface area contributed by atoms with Crippen LogP contribution in [0.2, 0.25) is 0 Å². The highest BCUT2D eigenvalue weighted by Crippen LogP contribution is 1.99. The van der Waals surface area contributed by atoms with Crippen LogP contribution in [0.3, 0.4) is 0 Å². The first-order valence-electron chi connectivity index (χ1n) is 5.51. The number of rotatable bonds is 0. The number of allylic oxidation sites excluding steroid dienone is 4. The largest absolute Gasteiger partial charge is 0.317 e. The molecule has 1 N–H and O–H groups in total. The minimum atomic E-state index is 1.17. The molecule has 0 aromatic heterocycles. The van der Waals surface area contributed by atoms with Gasteiger partial charge in [0.2, 0.25) is 0 Å². The molecule has 0 saturated heterocycles. The van der Waals surface area contributed by atoms with Gasteiger partial charge in [-0.15, -0.1) is 0 Å². The van der Waals surface area contributed by atoms with Gasteiger partial charge >= 0.3 is 0 Å². The van der Waals surface area contributed by atoms with Crippen molar-refractivity contribution in [3.63, 3.8) is 0 Å². The third-order valence-electron chi connectivity index (χ3n) is 2.28. The Morgan fingerprint density at radius 1 is 0.615 bits per heavy atom. The summed E-state index contributed by atoms with van der Waals surface area (Å²) >= 11 is 0. The molecule has 0 radical (unpaired) electrons. The zero-order chi connectivity index (χ0) is 9.19. The lowest BCUT2D eigenvalue weighted by Gasteiger charge is -2.00. The summed E-state index contributed by atoms with van der Waals surface area (Å²) in [7, 11) is 0. The standard InChI is InChI=1S/C12H21N/c1-2-4-6-8-10-12-13-11-9-7-5-3-1/h3-6,13H,1-2,7-12H2/b5-3-,6-4+. The summed E-state index contributed by atoms with van der Waals surface area (Å²) in [5.41, 5.74) is 0. The predicted molar refractivity (Wildman–Crippen MR) is 58.9 cm³/mol. The molecule has 74 valence electrons. The number of nitrogens with one attached hydrogen (secondary N) is 1. The number of hydrogen-bond acceptors (Lipinski definition) is 1. The highest BCUT2D eigenvalue weighted by molar-refractivity contribution is 4.88. The van der Waals surface area contributed by atoms with Gasteiger partial charge < -0.3 is 5.32 Å². The smallest absolute Gasteiger partial charge is 0.00460 e. The molecule has 1 aliphatic heterocycles. The maximum absolute atomic E-state index is 3.46. The monoisotopic (exact) mass is 179 g/mol. The van der Waals surface area contributed by atoms with E-state index in [0.717, 1.165) is 0 Å². The second-order valence-corrected chi connectivity index (χ2v) is 3.55. The predicted octanol–water partition coefficient (Wildman–Crippen LogP) is 3.04. The van der Waals surface area contributed by atoms with E-state index in [1.54, 1.807) is 0 Å². The highest BCUT2D eigenvalue weighted by Gasteiger charge is 1.88. The topological polar surface area (TPSA) is 12.0 Å². The van der Waals surface area contributed by atoms with E-state index in [1.165, 1.54) is 51.6 Å². The van der Waals surface area contributed by atoms with Gasteiger partial charge in [0.15, 0.2) is 0 Å². The first-order chi connectivity index (χ1) is 6.50. The van der Waals surface area contributed by atoms with Crippen LogP contribution in [0.25, 0.3) is 0 Å². The van der Waals surface area contributed by atoms with Crippen molar-refractivity contribution in [1.29, 1.82) is 0 Å². The van der Waals surface area contributed by atoms with E-state index in [9.17, 15) is 0 Å². The lowest BCUT2D eigenvalue weighted by atomic mass is 10.2. The van der Waals surface area contributed by atoms with Gasteiger partial charge in [0.25, 0.3) is 0 Å². The van der Waals surface area contributed by atoms with Gasteiger partial charge in [0.05, 0.1) is 0 Å². The van der Waals surface area contributed by atoms with E-state index in [-0.39, 0.29) is 0 Å². The minimum absolute atomic E-state index is 1.17. The van der Waals surface area contributed by atoms with Crippen molar-refractivity contribution in [2.24, 2.45) is 0 Å². The van der Waals surface area contributed by atoms with Crippen molar-refractivity contribution < 1.29 is 0 Å². The molecule has 0 aliphatic carbocycles. The zero-order valence-corrected chi connectivity index (χ0v) is 8.47. The summed E-state index contributed by atoms with van der Waals surface area (Å²) in [6, 6.07) is 0. The summed E-state index contributed by atoms with van der Waals surface area (Å²) in [4.78, 5) is 0. The molecule has 0 spiro atoms. The minimum Gasteiger partial charge on any atom is -0.317 e. The molecular formula is C12H21N. The Morgan fingerprint density at radius 2 is 1.08 bits per heavy atom. The second-order valence-electron chi connectivity index (χ2n) is 3.55. The molecule has 0 aromatic rings. The molecule has 0 aromatic carbocycles. The Morgan fingerprint density at radius 3 is 1.62 bits per heavy atom. The van der Waals surface area contributed by atoms with E-state index in [2.05, 4.69) is 29.6 Å². The molecule has 13 heavy (non-hydrogen) atoms. The first-order valence-corrected chi connectivity index (χ1v) is 5.51. The van der Waals surface area contributed by atoms with E-state index in [1.807, 2.05) is 0 Å². The lowest BCUT2D eigenvalue weighted by molar-refractivity contribution is 0.630. The molecule has 0 unspecified atom stereocenters. The van der Waals surface area contributed by atoms with Gasteiger partial charge in [0, 0.05) is 0 Å². The SMILES string of the molecule is C1=C\CCCNCCC/C=C/CC/1. The van der Waals surface area contributed by atoms with E-state index in [4.69, 9.17) is 0 Å². The van der Waals surface area contributed by atoms with Crippen LogP contribution in [0.15, 0.2) is 24.3 Å². The molecule has 1 nitrogen and oxygen atoms in total. The van der Waals surface area contributed by atoms with E-state index in [0.29, 0.717) is 0 Å². The summed E-state index contributed by atoms with van der Waals surface area (Å²) < 4.78 is 0. The maximum atomic E-state index is 3.46. The van der Waals surface area contributed by atoms with Crippen LogP contribution >= 0.6 is 0 Å². The van der Waals surface area contributed by atoms with Crippen LogP contribution in [-0.2, 0) is 0 Å². The molecular weight excluding hydrogens is 158 g/mol. The zero-order valence-electron chi connectivity index (χ0n) is 8.47. The molecule has 0 atom stereocenters. The molecule has 1 aliphatic rings. The third kappa shape index (κ3) is 6.59. The van der Waals surface area contributed by atoms with Crippen LogP contribution in [0.5, 0.6) is 0 Å². The van der Waals surface area contributed by atoms with Crippen LogP contribution in [-0.4, -0.2) is 13.1 Å². The maximum Gasteiger partial charge on any atom is -0.00460 e. The summed E-state index contributed by atoms with van der Waals surface area (Å²) in [5, 5.41) is 3.46. The molecule has 0 amide bonds. The van der Waals surface area contributed by atoms with Crippen LogP contribution in [0.4, 0.5) is 0 Å². The van der Waals surface area contributed by atoms with E-state index < -0.39 is 0 Å². The van der Waals surface area contributed by atoms with Gasteiger partial charge in [-0.2, -0.15) is 0 Å². The van der Waals surface area contributed by atoms with Crippen molar-refractivity contribution in [3.8, 4) is 0 Å². The van der Waals surface area contributed by atoms with Gasteiger partial charge in [-0.25, -0.2) is 0 Å². The van der Waals surface area contributed by atoms with Crippen molar-refractivity contribution in [2.45, 2.75) is 38.5 Å². The fourth-order valence-corrected chi connectivity index (χ4v) is 1.48. The molecule has 0 bridgehead atoms. The fraction of sp³-hybridized carbons (Fsp3) is 0.667. The quantitative estimate of drug-likeness (QED) is 0.564. The van der Waals surface area contributed by atoms with E-state index >= 15 is 0 Å². The normalized spacial score (nSPS) is 26.5. The molecule has 1 heteroatoms. The van der Waals surface area contributed by atoms with Gasteiger partial charge in [-0.05, 0) is 51.6 Å².